The van der Waals surface area contributed by atoms with Crippen molar-refractivity contribution in [1.82, 2.24) is 14.5 Å². The van der Waals surface area contributed by atoms with E-state index in [1.165, 1.54) is 29.2 Å². The lowest BCUT2D eigenvalue weighted by Crippen LogP contribution is -2.17. The zero-order chi connectivity index (χ0) is 12.5. The van der Waals surface area contributed by atoms with Gasteiger partial charge in [-0.25, -0.2) is 9.97 Å². The molecule has 18 heavy (non-hydrogen) atoms. The summed E-state index contributed by atoms with van der Waals surface area (Å²) in [5, 5.41) is 9.70. The number of hydrogen-bond acceptors (Lipinski definition) is 4. The highest BCUT2D eigenvalue weighted by Gasteiger charge is 2.05. The van der Waals surface area contributed by atoms with Crippen molar-refractivity contribution in [2.75, 3.05) is 0 Å². The molecule has 0 fully saturated rings. The van der Waals surface area contributed by atoms with Crippen LogP contribution in [-0.4, -0.2) is 19.6 Å². The van der Waals surface area contributed by atoms with Crippen LogP contribution in [0.2, 0.25) is 0 Å². The molecular formula is C13H9N3O2. The van der Waals surface area contributed by atoms with Crippen LogP contribution in [0.25, 0.3) is 16.6 Å². The number of benzene rings is 1. The highest BCUT2D eigenvalue weighted by Crippen LogP contribution is 2.13. The number of rotatable bonds is 1. The van der Waals surface area contributed by atoms with Crippen LogP contribution in [0.5, 0.6) is 5.75 Å². The number of aromatic hydroxyl groups is 1. The maximum absolute atomic E-state index is 12.2. The minimum atomic E-state index is -0.182. The minimum absolute atomic E-state index is 0.163. The van der Waals surface area contributed by atoms with Crippen LogP contribution in [0.4, 0.5) is 0 Å². The van der Waals surface area contributed by atoms with E-state index in [4.69, 9.17) is 0 Å². The molecule has 0 amide bonds. The molecule has 0 atom stereocenters. The quantitative estimate of drug-likeness (QED) is 0.698. The van der Waals surface area contributed by atoms with Crippen molar-refractivity contribution in [3.8, 4) is 11.4 Å². The number of pyridine rings is 1. The monoisotopic (exact) mass is 239 g/mol. The number of phenols is 1. The smallest absolute Gasteiger partial charge is 0.266 e. The summed E-state index contributed by atoms with van der Waals surface area (Å²) < 4.78 is 1.49. The summed E-state index contributed by atoms with van der Waals surface area (Å²) in [6.45, 7) is 0. The van der Waals surface area contributed by atoms with Gasteiger partial charge in [0.2, 0.25) is 0 Å². The third-order valence-electron chi connectivity index (χ3n) is 2.70. The zero-order valence-corrected chi connectivity index (χ0v) is 9.32. The molecule has 5 heteroatoms. The van der Waals surface area contributed by atoms with Gasteiger partial charge in [-0.05, 0) is 30.3 Å². The Morgan fingerprint density at radius 2 is 1.89 bits per heavy atom. The Labute approximate surface area is 102 Å². The van der Waals surface area contributed by atoms with E-state index < -0.39 is 0 Å². The summed E-state index contributed by atoms with van der Waals surface area (Å²) in [6, 6.07) is 8.17. The average Bonchev–Trinajstić information content (AvgIpc) is 2.41. The molecule has 0 unspecified atom stereocenters. The third-order valence-corrected chi connectivity index (χ3v) is 2.70. The number of hydrogen-bond donors (Lipinski definition) is 1. The predicted molar refractivity (Wildman–Crippen MR) is 66.8 cm³/mol. The molecule has 2 aromatic heterocycles. The second-order valence-electron chi connectivity index (χ2n) is 3.83. The Kier molecular flexibility index (Phi) is 2.30. The van der Waals surface area contributed by atoms with E-state index in [1.807, 2.05) is 0 Å². The standard InChI is InChI=1S/C13H9N3O2/c17-10-3-1-9(2-4-10)16-6-5-12-11(13(16)18)7-14-8-15-12/h1-8,17H. The van der Waals surface area contributed by atoms with Crippen LogP contribution >= 0.6 is 0 Å². The first kappa shape index (κ1) is 10.5. The SMILES string of the molecule is O=c1c2cncnc2ccn1-c1ccc(O)cc1. The van der Waals surface area contributed by atoms with E-state index in [0.29, 0.717) is 16.6 Å². The first-order valence-corrected chi connectivity index (χ1v) is 5.36. The molecule has 0 spiro atoms. The lowest BCUT2D eigenvalue weighted by molar-refractivity contribution is 0.475. The van der Waals surface area contributed by atoms with Crippen molar-refractivity contribution >= 4 is 10.9 Å². The van der Waals surface area contributed by atoms with Gasteiger partial charge in [-0.15, -0.1) is 0 Å². The Morgan fingerprint density at radius 1 is 1.11 bits per heavy atom. The largest absolute Gasteiger partial charge is 0.508 e. The fourth-order valence-electron chi connectivity index (χ4n) is 1.80. The predicted octanol–water partition coefficient (Wildman–Crippen LogP) is 1.49. The van der Waals surface area contributed by atoms with Crippen molar-refractivity contribution in [2.45, 2.75) is 0 Å². The highest BCUT2D eigenvalue weighted by molar-refractivity contribution is 5.76. The van der Waals surface area contributed by atoms with Gasteiger partial charge < -0.3 is 5.11 Å². The molecule has 0 saturated carbocycles. The van der Waals surface area contributed by atoms with Crippen molar-refractivity contribution < 1.29 is 5.11 Å². The van der Waals surface area contributed by atoms with Gasteiger partial charge in [-0.1, -0.05) is 0 Å². The molecule has 0 radical (unpaired) electrons. The first-order chi connectivity index (χ1) is 8.75. The van der Waals surface area contributed by atoms with Gasteiger partial charge in [0.25, 0.3) is 5.56 Å². The fourth-order valence-corrected chi connectivity index (χ4v) is 1.80. The molecule has 3 aromatic rings. The molecule has 0 bridgehead atoms. The fraction of sp³-hybridized carbons (Fsp3) is 0. The molecule has 2 heterocycles. The van der Waals surface area contributed by atoms with E-state index >= 15 is 0 Å². The lowest BCUT2D eigenvalue weighted by Gasteiger charge is -2.06. The van der Waals surface area contributed by atoms with Gasteiger partial charge in [0.15, 0.2) is 0 Å². The van der Waals surface area contributed by atoms with Crippen LogP contribution in [-0.2, 0) is 0 Å². The summed E-state index contributed by atoms with van der Waals surface area (Å²) in [7, 11) is 0. The number of fused-ring (bicyclic) bond motifs is 1. The maximum atomic E-state index is 12.2. The summed E-state index contributed by atoms with van der Waals surface area (Å²) in [5.41, 5.74) is 1.12. The van der Waals surface area contributed by atoms with E-state index in [0.717, 1.165) is 0 Å². The van der Waals surface area contributed by atoms with Crippen LogP contribution in [0, 0.1) is 0 Å². The lowest BCUT2D eigenvalue weighted by atomic mass is 10.2. The third kappa shape index (κ3) is 1.62. The number of phenolic OH excluding ortho intramolecular Hbond substituents is 1. The first-order valence-electron chi connectivity index (χ1n) is 5.36. The van der Waals surface area contributed by atoms with Crippen LogP contribution in [0.15, 0.2) is 53.8 Å². The van der Waals surface area contributed by atoms with Crippen molar-refractivity contribution in [3.05, 3.63) is 59.4 Å². The van der Waals surface area contributed by atoms with E-state index in [-0.39, 0.29) is 11.3 Å². The molecule has 0 aliphatic heterocycles. The van der Waals surface area contributed by atoms with Gasteiger partial charge in [0.1, 0.15) is 12.1 Å². The second-order valence-corrected chi connectivity index (χ2v) is 3.83. The molecule has 0 saturated heterocycles. The van der Waals surface area contributed by atoms with E-state index in [1.54, 1.807) is 24.4 Å². The highest BCUT2D eigenvalue weighted by atomic mass is 16.3. The molecular weight excluding hydrogens is 230 g/mol. The summed E-state index contributed by atoms with van der Waals surface area (Å²) in [5.74, 6) is 0.163. The molecule has 3 rings (SSSR count). The van der Waals surface area contributed by atoms with Crippen molar-refractivity contribution in [1.29, 1.82) is 0 Å². The van der Waals surface area contributed by atoms with Crippen LogP contribution < -0.4 is 5.56 Å². The van der Waals surface area contributed by atoms with Crippen molar-refractivity contribution in [2.24, 2.45) is 0 Å². The van der Waals surface area contributed by atoms with Crippen LogP contribution in [0.3, 0.4) is 0 Å². The Hall–Kier alpha value is -2.69. The van der Waals surface area contributed by atoms with Gasteiger partial charge in [-0.3, -0.25) is 9.36 Å². The normalized spacial score (nSPS) is 10.7. The topological polar surface area (TPSA) is 68.0 Å². The maximum Gasteiger partial charge on any atom is 0.266 e. The molecule has 1 N–H and O–H groups in total. The van der Waals surface area contributed by atoms with Crippen molar-refractivity contribution in [3.63, 3.8) is 0 Å². The average molecular weight is 239 g/mol. The van der Waals surface area contributed by atoms with E-state index in [9.17, 15) is 9.90 Å². The molecule has 5 nitrogen and oxygen atoms in total. The van der Waals surface area contributed by atoms with Gasteiger partial charge in [0.05, 0.1) is 10.9 Å². The Bertz CT molecular complexity index is 763. The Balaban J connectivity index is 2.27. The molecule has 88 valence electrons. The number of nitrogens with zero attached hydrogens (tertiary/aromatic N) is 3. The van der Waals surface area contributed by atoms with Gasteiger partial charge >= 0.3 is 0 Å². The van der Waals surface area contributed by atoms with Gasteiger partial charge in [0, 0.05) is 18.1 Å². The molecule has 1 aromatic carbocycles. The van der Waals surface area contributed by atoms with Crippen LogP contribution in [0.1, 0.15) is 0 Å². The summed E-state index contributed by atoms with van der Waals surface area (Å²) in [4.78, 5) is 20.1. The van der Waals surface area contributed by atoms with E-state index in [2.05, 4.69) is 9.97 Å². The Morgan fingerprint density at radius 3 is 2.67 bits per heavy atom. The zero-order valence-electron chi connectivity index (χ0n) is 9.32. The molecule has 0 aliphatic carbocycles. The minimum Gasteiger partial charge on any atom is -0.508 e. The van der Waals surface area contributed by atoms with Gasteiger partial charge in [-0.2, -0.15) is 0 Å². The summed E-state index contributed by atoms with van der Waals surface area (Å²) in [6.07, 6.45) is 4.57. The second kappa shape index (κ2) is 3.96. The molecule has 0 aliphatic rings. The number of aromatic nitrogens is 3. The summed E-state index contributed by atoms with van der Waals surface area (Å²) >= 11 is 0.